The lowest BCUT2D eigenvalue weighted by atomic mass is 10.1. The predicted molar refractivity (Wildman–Crippen MR) is 73.3 cm³/mol. The Bertz CT molecular complexity index is 748. The smallest absolute Gasteiger partial charge is 0.249 e. The molecular formula is C14H9ClN2O2. The van der Waals surface area contributed by atoms with Gasteiger partial charge in [0.2, 0.25) is 11.0 Å². The van der Waals surface area contributed by atoms with E-state index >= 15 is 0 Å². The van der Waals surface area contributed by atoms with Crippen LogP contribution in [0.25, 0.3) is 23.2 Å². The highest BCUT2D eigenvalue weighted by Crippen LogP contribution is 2.15. The maximum atomic E-state index is 11.2. The van der Waals surface area contributed by atoms with Crippen LogP contribution in [0.3, 0.4) is 0 Å². The number of rotatable bonds is 2. The van der Waals surface area contributed by atoms with Gasteiger partial charge in [0.25, 0.3) is 0 Å². The Morgan fingerprint density at radius 3 is 2.53 bits per heavy atom. The lowest BCUT2D eigenvalue weighted by molar-refractivity contribution is -0.782. The van der Waals surface area contributed by atoms with Gasteiger partial charge in [-0.25, -0.2) is 0 Å². The number of fused-ring (bicyclic) bond motifs is 1. The van der Waals surface area contributed by atoms with Gasteiger partial charge in [-0.1, -0.05) is 42.0 Å². The number of halogens is 1. The van der Waals surface area contributed by atoms with Crippen LogP contribution in [-0.4, -0.2) is 5.16 Å². The summed E-state index contributed by atoms with van der Waals surface area (Å²) in [6, 6.07) is 12.8. The third-order valence-electron chi connectivity index (χ3n) is 2.75. The Labute approximate surface area is 114 Å². The summed E-state index contributed by atoms with van der Waals surface area (Å²) in [5.41, 5.74) is 2.94. The maximum absolute atomic E-state index is 11.2. The second kappa shape index (κ2) is 4.74. The van der Waals surface area contributed by atoms with Gasteiger partial charge in [0.05, 0.1) is 0 Å². The van der Waals surface area contributed by atoms with Crippen LogP contribution in [0.4, 0.5) is 0 Å². The zero-order valence-corrected chi connectivity index (χ0v) is 10.5. The van der Waals surface area contributed by atoms with Crippen LogP contribution in [0.1, 0.15) is 11.1 Å². The zero-order valence-electron chi connectivity index (χ0n) is 9.79. The normalized spacial score (nSPS) is 11.4. The Kier molecular flexibility index (Phi) is 2.93. The van der Waals surface area contributed by atoms with Crippen LogP contribution >= 0.6 is 11.6 Å². The molecule has 3 aromatic rings. The molecule has 0 aliphatic rings. The summed E-state index contributed by atoms with van der Waals surface area (Å²) >= 11 is 5.82. The molecule has 0 amide bonds. The SMILES string of the molecule is [O-][n+]1onc2cc(/C=C\c3ccc(Cl)cc3)ccc21. The van der Waals surface area contributed by atoms with Gasteiger partial charge in [0.1, 0.15) is 0 Å². The Hall–Kier alpha value is -2.33. The van der Waals surface area contributed by atoms with E-state index in [1.165, 1.54) is 0 Å². The molecule has 0 fully saturated rings. The van der Waals surface area contributed by atoms with Gasteiger partial charge in [-0.3, -0.25) is 4.63 Å². The average molecular weight is 273 g/mol. The fourth-order valence-corrected chi connectivity index (χ4v) is 1.89. The van der Waals surface area contributed by atoms with Gasteiger partial charge in [-0.05, 0) is 34.2 Å². The predicted octanol–water partition coefficient (Wildman–Crippen LogP) is 3.29. The zero-order chi connectivity index (χ0) is 13.2. The van der Waals surface area contributed by atoms with Crippen molar-refractivity contribution in [3.05, 3.63) is 63.8 Å². The number of hydrogen-bond acceptors (Lipinski definition) is 3. The summed E-state index contributed by atoms with van der Waals surface area (Å²) in [4.78, 5) is 0.391. The molecule has 0 unspecified atom stereocenters. The van der Waals surface area contributed by atoms with Gasteiger partial charge < -0.3 is 5.21 Å². The van der Waals surface area contributed by atoms with E-state index in [0.717, 1.165) is 11.1 Å². The Morgan fingerprint density at radius 1 is 1.05 bits per heavy atom. The topological polar surface area (TPSA) is 53.0 Å². The third kappa shape index (κ3) is 2.44. The summed E-state index contributed by atoms with van der Waals surface area (Å²) in [6.07, 6.45) is 3.90. The molecule has 19 heavy (non-hydrogen) atoms. The van der Waals surface area contributed by atoms with E-state index in [4.69, 9.17) is 11.6 Å². The van der Waals surface area contributed by atoms with Crippen LogP contribution in [0.5, 0.6) is 0 Å². The number of nitrogens with zero attached hydrogens (tertiary/aromatic N) is 2. The molecule has 0 saturated carbocycles. The van der Waals surface area contributed by atoms with Crippen LogP contribution in [0.15, 0.2) is 47.1 Å². The van der Waals surface area contributed by atoms with Crippen molar-refractivity contribution in [2.45, 2.75) is 0 Å². The summed E-state index contributed by atoms with van der Waals surface area (Å²) in [6.45, 7) is 0. The average Bonchev–Trinajstić information content (AvgIpc) is 2.79. The van der Waals surface area contributed by atoms with Crippen LogP contribution in [0, 0.1) is 5.21 Å². The molecule has 0 spiro atoms. The largest absolute Gasteiger partial charge is 0.359 e. The van der Waals surface area contributed by atoms with Crippen molar-refractivity contribution in [2.75, 3.05) is 0 Å². The molecule has 0 radical (unpaired) electrons. The molecule has 1 heterocycles. The molecular weight excluding hydrogens is 264 g/mol. The minimum absolute atomic E-state index is 0.391. The van der Waals surface area contributed by atoms with E-state index in [1.54, 1.807) is 12.1 Å². The third-order valence-corrected chi connectivity index (χ3v) is 3.00. The van der Waals surface area contributed by atoms with Crippen molar-refractivity contribution >= 4 is 34.8 Å². The number of benzene rings is 2. The molecule has 0 N–H and O–H groups in total. The Balaban J connectivity index is 1.90. The molecule has 94 valence electrons. The fraction of sp³-hybridized carbons (Fsp3) is 0. The quantitative estimate of drug-likeness (QED) is 0.531. The van der Waals surface area contributed by atoms with Crippen LogP contribution in [0.2, 0.25) is 5.02 Å². The molecule has 0 atom stereocenters. The van der Waals surface area contributed by atoms with E-state index in [2.05, 4.69) is 9.79 Å². The first kappa shape index (κ1) is 11.7. The molecule has 4 nitrogen and oxygen atoms in total. The first-order chi connectivity index (χ1) is 9.22. The molecule has 5 heteroatoms. The lowest BCUT2D eigenvalue weighted by Gasteiger charge is -1.94. The molecule has 1 aromatic heterocycles. The molecule has 0 saturated heterocycles. The minimum Gasteiger partial charge on any atom is -0.359 e. The maximum Gasteiger partial charge on any atom is 0.249 e. The van der Waals surface area contributed by atoms with Crippen molar-refractivity contribution in [3.8, 4) is 0 Å². The van der Waals surface area contributed by atoms with Crippen molar-refractivity contribution in [1.29, 1.82) is 0 Å². The van der Waals surface area contributed by atoms with Crippen molar-refractivity contribution < 1.29 is 9.53 Å². The standard InChI is InChI=1S/C14H9ClN2O2/c15-12-6-3-10(4-7-12)1-2-11-5-8-14-13(9-11)16-19-17(14)18/h1-9H/b2-1-. The molecule has 0 bridgehead atoms. The molecule has 0 aliphatic heterocycles. The van der Waals surface area contributed by atoms with Gasteiger partial charge in [-0.15, -0.1) is 0 Å². The van der Waals surface area contributed by atoms with Crippen LogP contribution < -0.4 is 4.90 Å². The summed E-state index contributed by atoms with van der Waals surface area (Å²) in [5.74, 6) is 0. The van der Waals surface area contributed by atoms with Gasteiger partial charge in [0.15, 0.2) is 0 Å². The summed E-state index contributed by atoms with van der Waals surface area (Å²) in [5, 5.41) is 15.5. The highest BCUT2D eigenvalue weighted by Gasteiger charge is 2.07. The number of aromatic nitrogens is 2. The summed E-state index contributed by atoms with van der Waals surface area (Å²) in [7, 11) is 0. The minimum atomic E-state index is 0.391. The van der Waals surface area contributed by atoms with E-state index in [-0.39, 0.29) is 0 Å². The second-order valence-corrected chi connectivity index (χ2v) is 4.50. The highest BCUT2D eigenvalue weighted by molar-refractivity contribution is 6.30. The highest BCUT2D eigenvalue weighted by atomic mass is 35.5. The van der Waals surface area contributed by atoms with Crippen LogP contribution in [-0.2, 0) is 0 Å². The van der Waals surface area contributed by atoms with Gasteiger partial charge in [-0.2, -0.15) is 0 Å². The Morgan fingerprint density at radius 2 is 1.74 bits per heavy atom. The van der Waals surface area contributed by atoms with E-state index in [9.17, 15) is 5.21 Å². The molecule has 3 rings (SSSR count). The second-order valence-electron chi connectivity index (χ2n) is 4.06. The summed E-state index contributed by atoms with van der Waals surface area (Å²) < 4.78 is 4.52. The van der Waals surface area contributed by atoms with Crippen molar-refractivity contribution in [2.24, 2.45) is 0 Å². The fourth-order valence-electron chi connectivity index (χ4n) is 1.76. The van der Waals surface area contributed by atoms with Gasteiger partial charge >= 0.3 is 0 Å². The first-order valence-electron chi connectivity index (χ1n) is 5.65. The molecule has 2 aromatic carbocycles. The molecule has 0 aliphatic carbocycles. The van der Waals surface area contributed by atoms with Crippen molar-refractivity contribution in [1.82, 2.24) is 5.16 Å². The first-order valence-corrected chi connectivity index (χ1v) is 6.03. The van der Waals surface area contributed by atoms with Crippen molar-refractivity contribution in [3.63, 3.8) is 0 Å². The van der Waals surface area contributed by atoms with Gasteiger partial charge in [0, 0.05) is 16.2 Å². The lowest BCUT2D eigenvalue weighted by Crippen LogP contribution is -2.22. The monoisotopic (exact) mass is 272 g/mol. The number of hydrogen-bond donors (Lipinski definition) is 0. The van der Waals surface area contributed by atoms with E-state index in [1.807, 2.05) is 42.5 Å². The van der Waals surface area contributed by atoms with E-state index in [0.29, 0.717) is 21.0 Å². The van der Waals surface area contributed by atoms with E-state index < -0.39 is 0 Å².